The minimum absolute atomic E-state index is 0.0119. The Balaban J connectivity index is 2.26. The average Bonchev–Trinajstić information content (AvgIpc) is 2.47. The summed E-state index contributed by atoms with van der Waals surface area (Å²) < 4.78 is 0. The molecule has 0 heterocycles. The number of ketones is 1. The molecular weight excluding hydrogens is 221 g/mol. The van der Waals surface area contributed by atoms with Crippen LogP contribution in [0.4, 0.5) is 0 Å². The normalized spacial score (nSPS) is 9.72. The summed E-state index contributed by atoms with van der Waals surface area (Å²) in [6, 6.07) is 16.4. The van der Waals surface area contributed by atoms with E-state index < -0.39 is 0 Å². The molecule has 3 heteroatoms. The molecule has 0 radical (unpaired) electrons. The number of carbonyl (C=O) groups is 1. The highest BCUT2D eigenvalue weighted by Crippen LogP contribution is 2.12. The van der Waals surface area contributed by atoms with Crippen LogP contribution in [-0.4, -0.2) is 13.6 Å². The molecule has 18 heavy (non-hydrogen) atoms. The molecule has 2 aromatic carbocycles. The van der Waals surface area contributed by atoms with E-state index in [2.05, 4.69) is 7.85 Å². The summed E-state index contributed by atoms with van der Waals surface area (Å²) in [6.45, 7) is 0. The summed E-state index contributed by atoms with van der Waals surface area (Å²) in [5.74, 6) is -0.0119. The highest BCUT2D eigenvalue weighted by atomic mass is 16.1. The van der Waals surface area contributed by atoms with Gasteiger partial charge in [-0.1, -0.05) is 36.1 Å². The molecule has 0 aliphatic heterocycles. The maximum Gasteiger partial charge on any atom is 0.193 e. The van der Waals surface area contributed by atoms with Gasteiger partial charge in [-0.3, -0.25) is 4.79 Å². The fourth-order valence-electron chi connectivity index (χ4n) is 1.75. The molecule has 0 saturated heterocycles. The number of benzene rings is 2. The quantitative estimate of drug-likeness (QED) is 0.600. The van der Waals surface area contributed by atoms with Gasteiger partial charge < -0.3 is 0 Å². The minimum atomic E-state index is -0.0119. The number of hydrogen-bond acceptors (Lipinski definition) is 2. The van der Waals surface area contributed by atoms with Crippen LogP contribution in [-0.2, 0) is 6.32 Å². The lowest BCUT2D eigenvalue weighted by Gasteiger charge is -2.02. The van der Waals surface area contributed by atoms with E-state index in [1.165, 1.54) is 5.56 Å². The Morgan fingerprint density at radius 3 is 1.94 bits per heavy atom. The van der Waals surface area contributed by atoms with Crippen molar-refractivity contribution in [2.45, 2.75) is 6.32 Å². The van der Waals surface area contributed by atoms with Gasteiger partial charge >= 0.3 is 0 Å². The summed E-state index contributed by atoms with van der Waals surface area (Å²) in [6.07, 6.45) is 0.964. The first-order chi connectivity index (χ1) is 8.74. The molecule has 0 amide bonds. The smallest absolute Gasteiger partial charge is 0.193 e. The summed E-state index contributed by atoms with van der Waals surface area (Å²) in [5.41, 5.74) is 3.06. The molecular formula is C15H12BNO. The summed E-state index contributed by atoms with van der Waals surface area (Å²) in [7, 11) is 2.08. The van der Waals surface area contributed by atoms with Crippen LogP contribution < -0.4 is 0 Å². The second-order valence-corrected chi connectivity index (χ2v) is 4.07. The van der Waals surface area contributed by atoms with Crippen LogP contribution in [0.15, 0.2) is 48.5 Å². The molecule has 2 rings (SSSR count). The third-order valence-corrected chi connectivity index (χ3v) is 2.90. The first-order valence-corrected chi connectivity index (χ1v) is 5.88. The number of carbonyl (C=O) groups excluding carboxylic acids is 1. The highest BCUT2D eigenvalue weighted by Gasteiger charge is 2.08. The lowest BCUT2D eigenvalue weighted by Crippen LogP contribution is -2.01. The first kappa shape index (κ1) is 12.1. The lowest BCUT2D eigenvalue weighted by atomic mass is 9.94. The third-order valence-electron chi connectivity index (χ3n) is 2.90. The van der Waals surface area contributed by atoms with Gasteiger partial charge in [-0.25, -0.2) is 0 Å². The predicted molar refractivity (Wildman–Crippen MR) is 73.3 cm³/mol. The maximum atomic E-state index is 12.2. The molecule has 0 spiro atoms. The molecule has 0 N–H and O–H groups in total. The summed E-state index contributed by atoms with van der Waals surface area (Å²) >= 11 is 0. The fourth-order valence-corrected chi connectivity index (χ4v) is 1.75. The van der Waals surface area contributed by atoms with Crippen LogP contribution in [0.1, 0.15) is 27.0 Å². The Hall–Kier alpha value is -2.34. The monoisotopic (exact) mass is 233 g/mol. The van der Waals surface area contributed by atoms with Crippen molar-refractivity contribution in [2.75, 3.05) is 0 Å². The second kappa shape index (κ2) is 5.33. The topological polar surface area (TPSA) is 40.9 Å². The van der Waals surface area contributed by atoms with E-state index in [4.69, 9.17) is 5.26 Å². The van der Waals surface area contributed by atoms with Gasteiger partial charge in [-0.05, 0) is 24.3 Å². The Morgan fingerprint density at radius 1 is 1.00 bits per heavy atom. The van der Waals surface area contributed by atoms with Gasteiger partial charge in [-0.15, -0.1) is 0 Å². The molecule has 0 saturated carbocycles. The van der Waals surface area contributed by atoms with Gasteiger partial charge in [-0.2, -0.15) is 5.26 Å². The SMILES string of the molecule is BCc1ccc(C(=O)c2ccc(C#N)cc2)cc1. The number of nitriles is 1. The van der Waals surface area contributed by atoms with E-state index in [-0.39, 0.29) is 5.78 Å². The molecule has 86 valence electrons. The molecule has 2 nitrogen and oxygen atoms in total. The van der Waals surface area contributed by atoms with Crippen LogP contribution >= 0.6 is 0 Å². The van der Waals surface area contributed by atoms with Crippen molar-refractivity contribution < 1.29 is 4.79 Å². The van der Waals surface area contributed by atoms with E-state index >= 15 is 0 Å². The molecule has 0 aromatic heterocycles. The largest absolute Gasteiger partial charge is 0.289 e. The number of rotatable bonds is 3. The van der Waals surface area contributed by atoms with Gasteiger partial charge in [0.2, 0.25) is 0 Å². The van der Waals surface area contributed by atoms with Gasteiger partial charge in [0.15, 0.2) is 5.78 Å². The fraction of sp³-hybridized carbons (Fsp3) is 0.0667. The molecule has 2 aromatic rings. The number of hydrogen-bond donors (Lipinski definition) is 0. The average molecular weight is 233 g/mol. The van der Waals surface area contributed by atoms with Gasteiger partial charge in [0, 0.05) is 11.1 Å². The maximum absolute atomic E-state index is 12.2. The third kappa shape index (κ3) is 2.49. The van der Waals surface area contributed by atoms with Crippen molar-refractivity contribution in [1.82, 2.24) is 0 Å². The molecule has 0 aliphatic rings. The van der Waals surface area contributed by atoms with E-state index in [1.54, 1.807) is 24.3 Å². The van der Waals surface area contributed by atoms with Crippen LogP contribution in [0.5, 0.6) is 0 Å². The lowest BCUT2D eigenvalue weighted by molar-refractivity contribution is 0.103. The van der Waals surface area contributed by atoms with Crippen molar-refractivity contribution in [3.63, 3.8) is 0 Å². The van der Waals surface area contributed by atoms with Crippen LogP contribution in [0.2, 0.25) is 0 Å². The Morgan fingerprint density at radius 2 is 1.50 bits per heavy atom. The zero-order chi connectivity index (χ0) is 13.0. The Kier molecular flexibility index (Phi) is 3.59. The Bertz CT molecular complexity index is 594. The van der Waals surface area contributed by atoms with Crippen LogP contribution in [0.25, 0.3) is 0 Å². The molecule has 0 aliphatic carbocycles. The van der Waals surface area contributed by atoms with Crippen LogP contribution in [0.3, 0.4) is 0 Å². The molecule has 0 fully saturated rings. The first-order valence-electron chi connectivity index (χ1n) is 5.88. The predicted octanol–water partition coefficient (Wildman–Crippen LogP) is 1.92. The van der Waals surface area contributed by atoms with Crippen molar-refractivity contribution in [1.29, 1.82) is 5.26 Å². The van der Waals surface area contributed by atoms with Gasteiger partial charge in [0.05, 0.1) is 11.6 Å². The standard InChI is InChI=1S/C15H12BNO/c16-9-11-1-5-13(6-2-11)15(18)14-7-3-12(10-17)4-8-14/h1-8H,9,16H2. The zero-order valence-corrected chi connectivity index (χ0v) is 10.2. The van der Waals surface area contributed by atoms with Gasteiger partial charge in [0.1, 0.15) is 7.85 Å². The number of nitrogens with zero attached hydrogens (tertiary/aromatic N) is 1. The summed E-state index contributed by atoms with van der Waals surface area (Å²) in [4.78, 5) is 12.2. The second-order valence-electron chi connectivity index (χ2n) is 4.07. The zero-order valence-electron chi connectivity index (χ0n) is 10.2. The van der Waals surface area contributed by atoms with Crippen molar-refractivity contribution in [3.05, 3.63) is 70.8 Å². The van der Waals surface area contributed by atoms with E-state index in [1.807, 2.05) is 30.3 Å². The van der Waals surface area contributed by atoms with Crippen LogP contribution in [0, 0.1) is 11.3 Å². The van der Waals surface area contributed by atoms with Crippen molar-refractivity contribution in [3.8, 4) is 6.07 Å². The van der Waals surface area contributed by atoms with E-state index in [0.29, 0.717) is 16.7 Å². The molecule has 0 unspecified atom stereocenters. The molecule has 0 bridgehead atoms. The Labute approximate surface area is 107 Å². The van der Waals surface area contributed by atoms with Crippen molar-refractivity contribution in [2.24, 2.45) is 0 Å². The minimum Gasteiger partial charge on any atom is -0.289 e. The van der Waals surface area contributed by atoms with Gasteiger partial charge in [0.25, 0.3) is 0 Å². The summed E-state index contributed by atoms with van der Waals surface area (Å²) in [5, 5.41) is 8.71. The van der Waals surface area contributed by atoms with E-state index in [9.17, 15) is 4.79 Å². The van der Waals surface area contributed by atoms with Crippen molar-refractivity contribution >= 4 is 13.6 Å². The molecule has 0 atom stereocenters. The highest BCUT2D eigenvalue weighted by molar-refractivity contribution is 6.09. The van der Waals surface area contributed by atoms with E-state index in [0.717, 1.165) is 6.32 Å².